The van der Waals surface area contributed by atoms with Crippen molar-refractivity contribution in [3.8, 4) is 0 Å². The minimum Gasteiger partial charge on any atom is -0.336 e. The molecule has 1 fully saturated rings. The first-order valence-corrected chi connectivity index (χ1v) is 7.58. The minimum absolute atomic E-state index is 0.0133. The number of aryl methyl sites for hydroxylation is 2. The Bertz CT molecular complexity index is 686. The molecule has 0 N–H and O–H groups in total. The topological polar surface area (TPSA) is 68.8 Å². The van der Waals surface area contributed by atoms with Gasteiger partial charge in [0.2, 0.25) is 0 Å². The molecule has 0 bridgehead atoms. The second-order valence-electron chi connectivity index (χ2n) is 6.63. The molecule has 22 heavy (non-hydrogen) atoms. The van der Waals surface area contributed by atoms with Crippen molar-refractivity contribution >= 4 is 5.91 Å². The molecule has 1 saturated heterocycles. The fraction of sp³-hybridized carbons (Fsp3) is 0.600. The van der Waals surface area contributed by atoms with Gasteiger partial charge in [-0.2, -0.15) is 5.10 Å². The molecule has 0 radical (unpaired) electrons. The maximum atomic E-state index is 12.6. The number of likely N-dealkylation sites (tertiary alicyclic amines) is 1. The number of carbonyl (C=O) groups excluding carboxylic acids is 1. The van der Waals surface area contributed by atoms with Crippen molar-refractivity contribution in [1.29, 1.82) is 0 Å². The van der Waals surface area contributed by atoms with E-state index >= 15 is 0 Å². The molecule has 1 unspecified atom stereocenters. The third kappa shape index (κ3) is 2.51. The zero-order chi connectivity index (χ0) is 15.9. The summed E-state index contributed by atoms with van der Waals surface area (Å²) >= 11 is 0. The molecule has 118 valence electrons. The summed E-state index contributed by atoms with van der Waals surface area (Å²) in [5, 5.41) is 12.2. The van der Waals surface area contributed by atoms with E-state index in [4.69, 9.17) is 0 Å². The van der Waals surface area contributed by atoms with Crippen molar-refractivity contribution < 1.29 is 4.79 Å². The van der Waals surface area contributed by atoms with Crippen LogP contribution in [0.5, 0.6) is 0 Å². The predicted molar refractivity (Wildman–Crippen MR) is 81.3 cm³/mol. The number of carbonyl (C=O) groups is 1. The van der Waals surface area contributed by atoms with Gasteiger partial charge in [-0.25, -0.2) is 0 Å². The Morgan fingerprint density at radius 1 is 1.41 bits per heavy atom. The van der Waals surface area contributed by atoms with Crippen molar-refractivity contribution in [1.82, 2.24) is 29.7 Å². The molecule has 0 aliphatic carbocycles. The number of nitrogens with zero attached hydrogens (tertiary/aromatic N) is 6. The van der Waals surface area contributed by atoms with Crippen LogP contribution in [0.1, 0.15) is 42.7 Å². The molecule has 1 atom stereocenters. The summed E-state index contributed by atoms with van der Waals surface area (Å²) < 4.78 is 3.48. The molecule has 2 aromatic heterocycles. The van der Waals surface area contributed by atoms with Crippen LogP contribution in [0.25, 0.3) is 0 Å². The highest BCUT2D eigenvalue weighted by atomic mass is 16.2. The average molecular weight is 302 g/mol. The van der Waals surface area contributed by atoms with E-state index in [-0.39, 0.29) is 17.2 Å². The van der Waals surface area contributed by atoms with Crippen LogP contribution < -0.4 is 0 Å². The first-order valence-electron chi connectivity index (χ1n) is 7.58. The quantitative estimate of drug-likeness (QED) is 0.857. The van der Waals surface area contributed by atoms with Gasteiger partial charge in [0.05, 0.1) is 12.4 Å². The number of amides is 1. The van der Waals surface area contributed by atoms with E-state index < -0.39 is 0 Å². The Balaban J connectivity index is 1.81. The number of aromatic nitrogens is 5. The molecule has 3 heterocycles. The predicted octanol–water partition coefficient (Wildman–Crippen LogP) is 1.30. The normalized spacial score (nSPS) is 20.5. The van der Waals surface area contributed by atoms with Crippen molar-refractivity contribution in [3.05, 3.63) is 29.8 Å². The van der Waals surface area contributed by atoms with Crippen LogP contribution in [0.2, 0.25) is 0 Å². The van der Waals surface area contributed by atoms with Crippen LogP contribution >= 0.6 is 0 Å². The van der Waals surface area contributed by atoms with Gasteiger partial charge in [0.1, 0.15) is 0 Å². The van der Waals surface area contributed by atoms with Crippen LogP contribution in [0, 0.1) is 5.41 Å². The van der Waals surface area contributed by atoms with Crippen LogP contribution in [-0.2, 0) is 13.6 Å². The number of hydrogen-bond acceptors (Lipinski definition) is 4. The summed E-state index contributed by atoms with van der Waals surface area (Å²) in [6.45, 7) is 8.48. The summed E-state index contributed by atoms with van der Waals surface area (Å²) in [5.74, 6) is 0.241. The highest BCUT2D eigenvalue weighted by Crippen LogP contribution is 2.42. The fourth-order valence-corrected chi connectivity index (χ4v) is 3.18. The maximum Gasteiger partial charge on any atom is 0.276 e. The second-order valence-corrected chi connectivity index (χ2v) is 6.63. The second kappa shape index (κ2) is 5.23. The summed E-state index contributed by atoms with van der Waals surface area (Å²) in [6, 6.07) is 0. The van der Waals surface area contributed by atoms with Gasteiger partial charge in [0.25, 0.3) is 5.91 Å². The lowest BCUT2D eigenvalue weighted by Crippen LogP contribution is -2.30. The first kappa shape index (κ1) is 14.7. The van der Waals surface area contributed by atoms with Crippen molar-refractivity contribution in [2.75, 3.05) is 13.1 Å². The van der Waals surface area contributed by atoms with Crippen LogP contribution in [0.15, 0.2) is 18.6 Å². The Morgan fingerprint density at radius 3 is 2.77 bits per heavy atom. The fourth-order valence-electron chi connectivity index (χ4n) is 3.18. The van der Waals surface area contributed by atoms with Gasteiger partial charge in [0.15, 0.2) is 5.69 Å². The summed E-state index contributed by atoms with van der Waals surface area (Å²) in [4.78, 5) is 14.5. The molecule has 2 aromatic rings. The van der Waals surface area contributed by atoms with Gasteiger partial charge in [-0.1, -0.05) is 19.1 Å². The maximum absolute atomic E-state index is 12.6. The SMILES string of the molecule is CCn1cc(C(=O)N2CC(c3cnn(C)c3)C(C)(C)C2)nn1. The van der Waals surface area contributed by atoms with Gasteiger partial charge in [-0.15, -0.1) is 5.10 Å². The third-order valence-corrected chi connectivity index (χ3v) is 4.44. The van der Waals surface area contributed by atoms with E-state index in [2.05, 4.69) is 29.3 Å². The molecule has 0 saturated carbocycles. The molecule has 1 aliphatic heterocycles. The smallest absolute Gasteiger partial charge is 0.276 e. The summed E-state index contributed by atoms with van der Waals surface area (Å²) in [6.07, 6.45) is 5.65. The van der Waals surface area contributed by atoms with Crippen molar-refractivity contribution in [2.45, 2.75) is 33.2 Å². The largest absolute Gasteiger partial charge is 0.336 e. The first-order chi connectivity index (χ1) is 10.4. The van der Waals surface area contributed by atoms with Crippen LogP contribution in [-0.4, -0.2) is 48.7 Å². The van der Waals surface area contributed by atoms with Crippen molar-refractivity contribution in [2.24, 2.45) is 12.5 Å². The molecule has 3 rings (SSSR count). The van der Waals surface area contributed by atoms with Crippen molar-refractivity contribution in [3.63, 3.8) is 0 Å². The van der Waals surface area contributed by atoms with E-state index in [1.54, 1.807) is 10.9 Å². The van der Waals surface area contributed by atoms with E-state index in [1.165, 1.54) is 5.56 Å². The van der Waals surface area contributed by atoms with Gasteiger partial charge in [-0.3, -0.25) is 14.2 Å². The lowest BCUT2D eigenvalue weighted by molar-refractivity contribution is 0.0772. The molecule has 1 aliphatic rings. The van der Waals surface area contributed by atoms with Gasteiger partial charge >= 0.3 is 0 Å². The van der Waals surface area contributed by atoms with Gasteiger partial charge in [-0.05, 0) is 17.9 Å². The standard InChI is InChI=1S/C15H22N6O/c1-5-21-9-13(17-18-21)14(22)20-8-12(15(2,3)10-20)11-6-16-19(4)7-11/h6-7,9,12H,5,8,10H2,1-4H3. The molecule has 0 spiro atoms. The zero-order valence-electron chi connectivity index (χ0n) is 13.5. The lowest BCUT2D eigenvalue weighted by atomic mass is 9.79. The van der Waals surface area contributed by atoms with E-state index in [0.717, 1.165) is 0 Å². The molecule has 1 amide bonds. The minimum atomic E-state index is -0.0424. The van der Waals surface area contributed by atoms with E-state index in [1.807, 2.05) is 35.9 Å². The summed E-state index contributed by atoms with van der Waals surface area (Å²) in [7, 11) is 1.91. The molecular formula is C15H22N6O. The molecule has 0 aromatic carbocycles. The van der Waals surface area contributed by atoms with E-state index in [9.17, 15) is 4.79 Å². The third-order valence-electron chi connectivity index (χ3n) is 4.44. The Labute approximate surface area is 129 Å². The van der Waals surface area contributed by atoms with Crippen LogP contribution in [0.3, 0.4) is 0 Å². The van der Waals surface area contributed by atoms with Gasteiger partial charge in [0, 0.05) is 38.8 Å². The Kier molecular flexibility index (Phi) is 3.50. The van der Waals surface area contributed by atoms with Gasteiger partial charge < -0.3 is 4.90 Å². The Hall–Kier alpha value is -2.18. The molecular weight excluding hydrogens is 280 g/mol. The van der Waals surface area contributed by atoms with E-state index in [0.29, 0.717) is 25.3 Å². The highest BCUT2D eigenvalue weighted by Gasteiger charge is 2.43. The van der Waals surface area contributed by atoms with Crippen LogP contribution in [0.4, 0.5) is 0 Å². The molecule has 7 heteroatoms. The Morgan fingerprint density at radius 2 is 2.18 bits per heavy atom. The lowest BCUT2D eigenvalue weighted by Gasteiger charge is -2.24. The molecule has 7 nitrogen and oxygen atoms in total. The number of rotatable bonds is 3. The monoisotopic (exact) mass is 302 g/mol. The summed E-state index contributed by atoms with van der Waals surface area (Å²) in [5.41, 5.74) is 1.61. The number of hydrogen-bond donors (Lipinski definition) is 0. The zero-order valence-corrected chi connectivity index (χ0v) is 13.5. The average Bonchev–Trinajstić information content (AvgIpc) is 3.16. The highest BCUT2D eigenvalue weighted by molar-refractivity contribution is 5.92.